The number of carbonyl (C=O) groups is 1. The van der Waals surface area contributed by atoms with Gasteiger partial charge in [0.15, 0.2) is 17.6 Å². The van der Waals surface area contributed by atoms with Crippen molar-refractivity contribution in [2.24, 2.45) is 0 Å². The van der Waals surface area contributed by atoms with Crippen molar-refractivity contribution < 1.29 is 19.0 Å². The third kappa shape index (κ3) is 5.91. The molecule has 2 aromatic carbocycles. The van der Waals surface area contributed by atoms with Crippen molar-refractivity contribution in [1.29, 1.82) is 0 Å². The standard InChI is InChI=1S/C23H31NO4/c1-6-19(28-20-11-9-16(2)14-17(20)3)23(25)24-13-7-8-18-10-12-21(26-4)22(15-18)27-5/h9-12,14-15,19H,6-8,13H2,1-5H3,(H,24,25)/t19-/m1/s1. The van der Waals surface area contributed by atoms with Crippen LogP contribution in [-0.2, 0) is 11.2 Å². The number of benzene rings is 2. The van der Waals surface area contributed by atoms with Gasteiger partial charge in [-0.2, -0.15) is 0 Å². The lowest BCUT2D eigenvalue weighted by Crippen LogP contribution is -2.38. The summed E-state index contributed by atoms with van der Waals surface area (Å²) in [6.45, 7) is 6.59. The Labute approximate surface area is 168 Å². The highest BCUT2D eigenvalue weighted by atomic mass is 16.5. The number of nitrogens with one attached hydrogen (secondary N) is 1. The van der Waals surface area contributed by atoms with Crippen LogP contribution in [-0.4, -0.2) is 32.8 Å². The summed E-state index contributed by atoms with van der Waals surface area (Å²) in [5.41, 5.74) is 3.36. The molecule has 2 rings (SSSR count). The zero-order chi connectivity index (χ0) is 20.5. The first-order chi connectivity index (χ1) is 13.5. The van der Waals surface area contributed by atoms with Gasteiger partial charge in [-0.1, -0.05) is 30.7 Å². The Kier molecular flexibility index (Phi) is 8.18. The summed E-state index contributed by atoms with van der Waals surface area (Å²) >= 11 is 0. The summed E-state index contributed by atoms with van der Waals surface area (Å²) in [4.78, 5) is 12.5. The molecule has 0 aliphatic rings. The highest BCUT2D eigenvalue weighted by Crippen LogP contribution is 2.28. The molecule has 28 heavy (non-hydrogen) atoms. The van der Waals surface area contributed by atoms with Gasteiger partial charge >= 0.3 is 0 Å². The molecule has 5 nitrogen and oxygen atoms in total. The molecule has 1 atom stereocenters. The number of hydrogen-bond donors (Lipinski definition) is 1. The predicted molar refractivity (Wildman–Crippen MR) is 111 cm³/mol. The molecule has 0 aliphatic carbocycles. The van der Waals surface area contributed by atoms with E-state index in [1.54, 1.807) is 14.2 Å². The van der Waals surface area contributed by atoms with Gasteiger partial charge in [0.2, 0.25) is 0 Å². The predicted octanol–water partition coefficient (Wildman–Crippen LogP) is 4.23. The lowest BCUT2D eigenvalue weighted by atomic mass is 10.1. The van der Waals surface area contributed by atoms with Gasteiger partial charge in [-0.15, -0.1) is 0 Å². The van der Waals surface area contributed by atoms with Crippen LogP contribution >= 0.6 is 0 Å². The van der Waals surface area contributed by atoms with Crippen molar-refractivity contribution in [3.63, 3.8) is 0 Å². The molecule has 0 spiro atoms. The summed E-state index contributed by atoms with van der Waals surface area (Å²) < 4.78 is 16.5. The Morgan fingerprint density at radius 3 is 2.36 bits per heavy atom. The fourth-order valence-corrected chi connectivity index (χ4v) is 3.06. The summed E-state index contributed by atoms with van der Waals surface area (Å²) in [6, 6.07) is 11.9. The molecular weight excluding hydrogens is 354 g/mol. The summed E-state index contributed by atoms with van der Waals surface area (Å²) in [5.74, 6) is 2.12. The van der Waals surface area contributed by atoms with E-state index in [0.29, 0.717) is 18.7 Å². The molecule has 0 saturated heterocycles. The fourth-order valence-electron chi connectivity index (χ4n) is 3.06. The molecule has 1 amide bonds. The Hall–Kier alpha value is -2.69. The number of carbonyl (C=O) groups excluding carboxylic acids is 1. The molecule has 0 radical (unpaired) electrons. The van der Waals surface area contributed by atoms with Crippen LogP contribution in [0.2, 0.25) is 0 Å². The van der Waals surface area contributed by atoms with Crippen LogP contribution in [0.3, 0.4) is 0 Å². The largest absolute Gasteiger partial charge is 0.493 e. The maximum absolute atomic E-state index is 12.5. The average Bonchev–Trinajstić information content (AvgIpc) is 2.70. The van der Waals surface area contributed by atoms with Gasteiger partial charge in [-0.3, -0.25) is 4.79 Å². The SMILES string of the molecule is CC[C@@H](Oc1ccc(C)cc1C)C(=O)NCCCc1ccc(OC)c(OC)c1. The first kappa shape index (κ1) is 21.6. The van der Waals surface area contributed by atoms with E-state index >= 15 is 0 Å². The van der Waals surface area contributed by atoms with E-state index in [9.17, 15) is 4.79 Å². The van der Waals surface area contributed by atoms with Crippen molar-refractivity contribution in [3.8, 4) is 17.2 Å². The van der Waals surface area contributed by atoms with Crippen molar-refractivity contribution in [3.05, 3.63) is 53.1 Å². The molecule has 0 heterocycles. The van der Waals surface area contributed by atoms with Crippen LogP contribution in [0, 0.1) is 13.8 Å². The molecule has 1 N–H and O–H groups in total. The zero-order valence-electron chi connectivity index (χ0n) is 17.5. The van der Waals surface area contributed by atoms with Crippen molar-refractivity contribution in [2.75, 3.05) is 20.8 Å². The molecule has 0 fully saturated rings. The summed E-state index contributed by atoms with van der Waals surface area (Å²) in [5, 5.41) is 2.99. The van der Waals surface area contributed by atoms with Crippen molar-refractivity contribution in [1.82, 2.24) is 5.32 Å². The number of rotatable bonds is 10. The van der Waals surface area contributed by atoms with Gasteiger partial charge in [-0.25, -0.2) is 0 Å². The first-order valence-corrected chi connectivity index (χ1v) is 9.71. The molecule has 0 saturated carbocycles. The minimum atomic E-state index is -0.484. The number of aryl methyl sites for hydroxylation is 3. The maximum atomic E-state index is 12.5. The topological polar surface area (TPSA) is 56.8 Å². The highest BCUT2D eigenvalue weighted by Gasteiger charge is 2.18. The van der Waals surface area contributed by atoms with Crippen LogP contribution in [0.25, 0.3) is 0 Å². The average molecular weight is 386 g/mol. The number of ether oxygens (including phenoxy) is 3. The van der Waals surface area contributed by atoms with Gasteiger partial charge in [0, 0.05) is 6.54 Å². The minimum absolute atomic E-state index is 0.0743. The van der Waals surface area contributed by atoms with Gasteiger partial charge in [-0.05, 0) is 62.4 Å². The first-order valence-electron chi connectivity index (χ1n) is 9.71. The number of hydrogen-bond acceptors (Lipinski definition) is 4. The molecule has 2 aromatic rings. The Morgan fingerprint density at radius 2 is 1.71 bits per heavy atom. The van der Waals surface area contributed by atoms with Crippen LogP contribution in [0.5, 0.6) is 17.2 Å². The van der Waals surface area contributed by atoms with Gasteiger partial charge < -0.3 is 19.5 Å². The smallest absolute Gasteiger partial charge is 0.261 e. The Bertz CT molecular complexity index is 788. The van der Waals surface area contributed by atoms with E-state index in [4.69, 9.17) is 14.2 Å². The number of amides is 1. The molecular formula is C23H31NO4. The van der Waals surface area contributed by atoms with Crippen LogP contribution in [0.1, 0.15) is 36.5 Å². The molecule has 0 aliphatic heterocycles. The molecule has 5 heteroatoms. The minimum Gasteiger partial charge on any atom is -0.493 e. The second-order valence-corrected chi connectivity index (χ2v) is 6.87. The normalized spacial score (nSPS) is 11.6. The number of methoxy groups -OCH3 is 2. The molecule has 0 bridgehead atoms. The molecule has 0 unspecified atom stereocenters. The van der Waals surface area contributed by atoms with Crippen LogP contribution < -0.4 is 19.5 Å². The van der Waals surface area contributed by atoms with Crippen LogP contribution in [0.4, 0.5) is 0 Å². The lowest BCUT2D eigenvalue weighted by Gasteiger charge is -2.19. The lowest BCUT2D eigenvalue weighted by molar-refractivity contribution is -0.128. The quantitative estimate of drug-likeness (QED) is 0.622. The monoisotopic (exact) mass is 385 g/mol. The Morgan fingerprint density at radius 1 is 1.00 bits per heavy atom. The molecule has 0 aromatic heterocycles. The third-order valence-electron chi connectivity index (χ3n) is 4.65. The molecule has 152 valence electrons. The van der Waals surface area contributed by atoms with Gasteiger partial charge in [0.1, 0.15) is 5.75 Å². The van der Waals surface area contributed by atoms with Crippen LogP contribution in [0.15, 0.2) is 36.4 Å². The van der Waals surface area contributed by atoms with E-state index in [1.807, 2.05) is 51.1 Å². The fraction of sp³-hybridized carbons (Fsp3) is 0.435. The maximum Gasteiger partial charge on any atom is 0.261 e. The summed E-state index contributed by atoms with van der Waals surface area (Å²) in [6.07, 6.45) is 1.81. The van der Waals surface area contributed by atoms with E-state index in [0.717, 1.165) is 35.5 Å². The third-order valence-corrected chi connectivity index (χ3v) is 4.65. The van der Waals surface area contributed by atoms with Gasteiger partial charge in [0.25, 0.3) is 5.91 Å². The second-order valence-electron chi connectivity index (χ2n) is 6.87. The van der Waals surface area contributed by atoms with Gasteiger partial charge in [0.05, 0.1) is 14.2 Å². The van der Waals surface area contributed by atoms with Crippen molar-refractivity contribution >= 4 is 5.91 Å². The second kappa shape index (κ2) is 10.6. The van der Waals surface area contributed by atoms with Crippen molar-refractivity contribution in [2.45, 2.75) is 46.1 Å². The summed E-state index contributed by atoms with van der Waals surface area (Å²) in [7, 11) is 3.25. The van der Waals surface area contributed by atoms with E-state index < -0.39 is 6.10 Å². The highest BCUT2D eigenvalue weighted by molar-refractivity contribution is 5.81. The Balaban J connectivity index is 1.83. The zero-order valence-corrected chi connectivity index (χ0v) is 17.5. The van der Waals surface area contributed by atoms with E-state index in [1.165, 1.54) is 5.56 Å². The van der Waals surface area contributed by atoms with E-state index in [2.05, 4.69) is 11.4 Å². The van der Waals surface area contributed by atoms with E-state index in [-0.39, 0.29) is 5.91 Å².